The molecular weight excluding hydrogens is 650 g/mol. The summed E-state index contributed by atoms with van der Waals surface area (Å²) in [6.07, 6.45) is 8.87. The van der Waals surface area contributed by atoms with Gasteiger partial charge in [0.2, 0.25) is 5.79 Å². The summed E-state index contributed by atoms with van der Waals surface area (Å²) in [5, 5.41) is 24.3. The number of allylic oxidation sites excluding steroid dienone is 1. The largest absolute Gasteiger partial charge is 0.492 e. The third kappa shape index (κ3) is 9.28. The number of carbonyl (C=O) groups is 1. The molecule has 0 bridgehead atoms. The smallest absolute Gasteiger partial charge is 0.410 e. The van der Waals surface area contributed by atoms with E-state index in [1.807, 2.05) is 39.8 Å². The monoisotopic (exact) mass is 711 g/mol. The van der Waals surface area contributed by atoms with Gasteiger partial charge in [0.25, 0.3) is 0 Å². The van der Waals surface area contributed by atoms with Crippen LogP contribution in [-0.4, -0.2) is 110 Å². The Morgan fingerprint density at radius 3 is 2.57 bits per heavy atom. The molecule has 1 amide bonds. The van der Waals surface area contributed by atoms with Crippen LogP contribution in [0.15, 0.2) is 47.7 Å². The molecule has 6 atom stereocenters. The van der Waals surface area contributed by atoms with Crippen molar-refractivity contribution in [2.24, 2.45) is 28.3 Å². The number of hydrogen-bond donors (Lipinski definition) is 2. The van der Waals surface area contributed by atoms with Crippen LogP contribution in [-0.2, 0) is 14.3 Å². The van der Waals surface area contributed by atoms with Gasteiger partial charge in [-0.2, -0.15) is 0 Å². The van der Waals surface area contributed by atoms with E-state index in [4.69, 9.17) is 28.9 Å². The second kappa shape index (κ2) is 17.6. The van der Waals surface area contributed by atoms with E-state index in [1.165, 1.54) is 0 Å². The van der Waals surface area contributed by atoms with E-state index in [0.717, 1.165) is 74.3 Å². The molecule has 0 spiro atoms. The summed E-state index contributed by atoms with van der Waals surface area (Å²) in [5.74, 6) is 0.0521. The molecule has 51 heavy (non-hydrogen) atoms. The second-order valence-electron chi connectivity index (χ2n) is 15.6. The minimum Gasteiger partial charge on any atom is -0.492 e. The summed E-state index contributed by atoms with van der Waals surface area (Å²) in [4.78, 5) is 23.6. The zero-order valence-corrected chi connectivity index (χ0v) is 31.5. The van der Waals surface area contributed by atoms with Crippen molar-refractivity contribution < 1.29 is 38.8 Å². The van der Waals surface area contributed by atoms with Crippen LogP contribution in [0.2, 0.25) is 0 Å². The first kappa shape index (κ1) is 39.1. The van der Waals surface area contributed by atoms with Crippen molar-refractivity contribution in [3.05, 3.63) is 48.1 Å². The number of benzene rings is 1. The molecule has 1 saturated heterocycles. The topological polar surface area (TPSA) is 122 Å². The summed E-state index contributed by atoms with van der Waals surface area (Å²) in [5.41, 5.74) is 2.61. The molecule has 284 valence electrons. The number of nitrogens with zero attached hydrogens (tertiary/aromatic N) is 3. The van der Waals surface area contributed by atoms with E-state index >= 15 is 0 Å². The highest BCUT2D eigenvalue weighted by atomic mass is 16.7. The lowest BCUT2D eigenvalue weighted by Crippen LogP contribution is -2.69. The van der Waals surface area contributed by atoms with Crippen LogP contribution in [0, 0.1) is 23.2 Å². The number of aliphatic hydroxyl groups is 2. The lowest BCUT2D eigenvalue weighted by atomic mass is 9.55. The number of rotatable bonds is 19. The third-order valence-corrected chi connectivity index (χ3v) is 10.5. The van der Waals surface area contributed by atoms with Gasteiger partial charge < -0.3 is 38.9 Å². The van der Waals surface area contributed by atoms with E-state index in [2.05, 4.69) is 23.6 Å². The van der Waals surface area contributed by atoms with Crippen LogP contribution in [0.25, 0.3) is 0 Å². The standard InChI is InChI=1S/C40H61N3O8/c1-7-22-49-40-35(42(6)38(46)48-27-39(3,4)5)26-33(41-50-8-2)31-24-28(13-9-11-20-44)30(14-10-12-21-45)36(37(31)40)32-25-29(15-16-34(32)51-40)47-23-19-43-17-18-43/h7,15-16,24-25,28,30,35-37,44-45H,1,8-14,17-23,26-27H2,2-6H3. The van der Waals surface area contributed by atoms with Gasteiger partial charge in [0.15, 0.2) is 0 Å². The highest BCUT2D eigenvalue weighted by Crippen LogP contribution is 2.61. The average Bonchev–Trinajstić information content (AvgIpc) is 3.94. The number of amides is 1. The molecule has 4 aliphatic rings. The highest BCUT2D eigenvalue weighted by molar-refractivity contribution is 6.02. The zero-order chi connectivity index (χ0) is 36.6. The molecule has 11 nitrogen and oxygen atoms in total. The molecule has 2 aliphatic heterocycles. The van der Waals surface area contributed by atoms with Crippen molar-refractivity contribution in [1.29, 1.82) is 0 Å². The van der Waals surface area contributed by atoms with Crippen LogP contribution < -0.4 is 9.47 Å². The lowest BCUT2D eigenvalue weighted by molar-refractivity contribution is -0.253. The predicted molar refractivity (Wildman–Crippen MR) is 197 cm³/mol. The molecule has 2 N–H and O–H groups in total. The van der Waals surface area contributed by atoms with Gasteiger partial charge in [-0.25, -0.2) is 4.79 Å². The minimum absolute atomic E-state index is 0.0965. The Bertz CT molecular complexity index is 1390. The van der Waals surface area contributed by atoms with Gasteiger partial charge in [0.1, 0.15) is 30.8 Å². The Labute approximate surface area is 304 Å². The number of oxime groups is 1. The maximum atomic E-state index is 13.8. The maximum absolute atomic E-state index is 13.8. The van der Waals surface area contributed by atoms with Crippen LogP contribution >= 0.6 is 0 Å². The minimum atomic E-state index is -1.30. The first-order valence-electron chi connectivity index (χ1n) is 19.0. The molecule has 0 aromatic heterocycles. The Hall–Kier alpha value is -3.12. The molecule has 2 heterocycles. The zero-order valence-electron chi connectivity index (χ0n) is 31.5. The Kier molecular flexibility index (Phi) is 13.5. The normalized spacial score (nSPS) is 27.5. The molecule has 1 aromatic carbocycles. The summed E-state index contributed by atoms with van der Waals surface area (Å²) >= 11 is 0. The molecule has 0 radical (unpaired) electrons. The van der Waals surface area contributed by atoms with Crippen molar-refractivity contribution in [2.45, 2.75) is 90.4 Å². The van der Waals surface area contributed by atoms with Gasteiger partial charge in [-0.05, 0) is 73.6 Å². The van der Waals surface area contributed by atoms with Crippen LogP contribution in [0.4, 0.5) is 4.79 Å². The van der Waals surface area contributed by atoms with Crippen molar-refractivity contribution in [3.63, 3.8) is 0 Å². The first-order chi connectivity index (χ1) is 24.6. The number of unbranched alkanes of at least 4 members (excludes halogenated alkanes) is 2. The summed E-state index contributed by atoms with van der Waals surface area (Å²) in [6.45, 7) is 16.8. The fourth-order valence-electron chi connectivity index (χ4n) is 8.05. The number of aliphatic hydroxyl groups excluding tert-OH is 2. The van der Waals surface area contributed by atoms with E-state index in [-0.39, 0.29) is 55.5 Å². The molecule has 1 saturated carbocycles. The number of hydrogen-bond acceptors (Lipinski definition) is 10. The Morgan fingerprint density at radius 1 is 1.16 bits per heavy atom. The molecule has 11 heteroatoms. The maximum Gasteiger partial charge on any atom is 0.410 e. The quantitative estimate of drug-likeness (QED) is 0.0754. The van der Waals surface area contributed by atoms with Crippen LogP contribution in [0.1, 0.15) is 84.1 Å². The van der Waals surface area contributed by atoms with E-state index in [9.17, 15) is 15.0 Å². The van der Waals surface area contributed by atoms with Crippen LogP contribution in [0.5, 0.6) is 11.5 Å². The first-order valence-corrected chi connectivity index (χ1v) is 19.0. The summed E-state index contributed by atoms with van der Waals surface area (Å²) in [7, 11) is 1.75. The van der Waals surface area contributed by atoms with Crippen molar-refractivity contribution in [1.82, 2.24) is 9.80 Å². The number of likely N-dealkylation sites (N-methyl/N-ethyl adjacent to an activating group) is 1. The predicted octanol–water partition coefficient (Wildman–Crippen LogP) is 6.15. The van der Waals surface area contributed by atoms with Crippen LogP contribution in [0.3, 0.4) is 0 Å². The molecule has 1 aromatic rings. The van der Waals surface area contributed by atoms with E-state index < -0.39 is 17.9 Å². The molecule has 2 fully saturated rings. The molecular formula is C40H61N3O8. The van der Waals surface area contributed by atoms with E-state index in [0.29, 0.717) is 31.8 Å². The van der Waals surface area contributed by atoms with E-state index in [1.54, 1.807) is 18.0 Å². The van der Waals surface area contributed by atoms with Gasteiger partial charge in [-0.1, -0.05) is 50.9 Å². The number of fused-ring (bicyclic) bond motifs is 2. The highest BCUT2D eigenvalue weighted by Gasteiger charge is 2.65. The average molecular weight is 712 g/mol. The Balaban J connectivity index is 1.68. The summed E-state index contributed by atoms with van der Waals surface area (Å²) in [6, 6.07) is 5.47. The number of ether oxygens (including phenoxy) is 4. The second-order valence-corrected chi connectivity index (χ2v) is 15.6. The SMILES string of the molecule is C=CCOC12Oc3ccc(OCCN4CC4)cc3C3C(CCCCO)C(CCCCO)C=C(C(=NOCC)CC1N(C)C(=O)OCC(C)(C)C)C32. The molecule has 2 aliphatic carbocycles. The van der Waals surface area contributed by atoms with Crippen molar-refractivity contribution >= 4 is 11.8 Å². The summed E-state index contributed by atoms with van der Waals surface area (Å²) < 4.78 is 26.3. The van der Waals surface area contributed by atoms with Gasteiger partial charge >= 0.3 is 6.09 Å². The van der Waals surface area contributed by atoms with Gasteiger partial charge in [0.05, 0.1) is 24.8 Å². The molecule has 6 unspecified atom stereocenters. The van der Waals surface area contributed by atoms with Crippen molar-refractivity contribution in [2.75, 3.05) is 66.3 Å². The van der Waals surface area contributed by atoms with Gasteiger partial charge in [-0.3, -0.25) is 4.90 Å². The van der Waals surface area contributed by atoms with Gasteiger partial charge in [-0.15, -0.1) is 6.58 Å². The fourth-order valence-corrected chi connectivity index (χ4v) is 8.05. The Morgan fingerprint density at radius 2 is 1.90 bits per heavy atom. The molecule has 5 rings (SSSR count). The van der Waals surface area contributed by atoms with Gasteiger partial charge in [0, 0.05) is 57.8 Å². The van der Waals surface area contributed by atoms with Crippen molar-refractivity contribution in [3.8, 4) is 11.5 Å². The number of carbonyl (C=O) groups excluding carboxylic acids is 1. The fraction of sp³-hybridized carbons (Fsp3) is 0.700. The lowest BCUT2D eigenvalue weighted by Gasteiger charge is -2.59. The third-order valence-electron chi connectivity index (χ3n) is 10.5.